The molecule has 1 aromatic carbocycles. The quantitative estimate of drug-likeness (QED) is 0.868. The summed E-state index contributed by atoms with van der Waals surface area (Å²) in [6, 6.07) is 7.10. The molecule has 0 saturated carbocycles. The summed E-state index contributed by atoms with van der Waals surface area (Å²) >= 11 is 0. The first-order valence-corrected chi connectivity index (χ1v) is 9.46. The average Bonchev–Trinajstić information content (AvgIpc) is 3.05. The van der Waals surface area contributed by atoms with Crippen LogP contribution in [0.25, 0.3) is 0 Å². The predicted octanol–water partition coefficient (Wildman–Crippen LogP) is 1.90. The third kappa shape index (κ3) is 3.92. The van der Waals surface area contributed by atoms with Crippen LogP contribution in [0.2, 0.25) is 0 Å². The summed E-state index contributed by atoms with van der Waals surface area (Å²) in [6.07, 6.45) is 1.35. The number of H-pyrrole nitrogens is 1. The maximum Gasteiger partial charge on any atom is 0.272 e. The largest absolute Gasteiger partial charge is 0.379 e. The molecule has 2 aromatic rings. The molecule has 0 radical (unpaired) electrons. The van der Waals surface area contributed by atoms with Crippen LogP contribution in [0.3, 0.4) is 0 Å². The third-order valence-corrected chi connectivity index (χ3v) is 5.86. The molecular weight excluding hydrogens is 342 g/mol. The van der Waals surface area contributed by atoms with Crippen molar-refractivity contribution < 1.29 is 17.9 Å². The molecule has 0 aliphatic carbocycles. The van der Waals surface area contributed by atoms with E-state index in [0.29, 0.717) is 32.0 Å². The van der Waals surface area contributed by atoms with Crippen molar-refractivity contribution in [2.45, 2.75) is 18.7 Å². The molecule has 1 aliphatic heterocycles. The van der Waals surface area contributed by atoms with Crippen LogP contribution in [0.15, 0.2) is 35.4 Å². The van der Waals surface area contributed by atoms with Crippen molar-refractivity contribution in [1.29, 1.82) is 0 Å². The van der Waals surface area contributed by atoms with Crippen LogP contribution in [0.4, 0.5) is 5.69 Å². The predicted molar refractivity (Wildman–Crippen MR) is 94.2 cm³/mol. The minimum Gasteiger partial charge on any atom is -0.379 e. The molecule has 134 valence electrons. The van der Waals surface area contributed by atoms with Gasteiger partial charge in [0.15, 0.2) is 0 Å². The lowest BCUT2D eigenvalue weighted by molar-refractivity contribution is 0.0730. The molecule has 1 fully saturated rings. The molecule has 1 amide bonds. The number of nitrogens with zero attached hydrogens (tertiary/aromatic N) is 1. The average molecular weight is 363 g/mol. The second-order valence-corrected chi connectivity index (χ2v) is 8.03. The fourth-order valence-electron chi connectivity index (χ4n) is 2.84. The minimum atomic E-state index is -3.62. The van der Waals surface area contributed by atoms with Crippen molar-refractivity contribution in [3.05, 3.63) is 47.3 Å². The first-order valence-electron chi connectivity index (χ1n) is 8.02. The van der Waals surface area contributed by atoms with E-state index in [-0.39, 0.29) is 16.5 Å². The molecule has 7 nitrogen and oxygen atoms in total. The maximum atomic E-state index is 12.6. The van der Waals surface area contributed by atoms with Crippen LogP contribution < -0.4 is 5.32 Å². The number of hydrogen-bond donors (Lipinski definition) is 2. The van der Waals surface area contributed by atoms with Crippen molar-refractivity contribution in [2.75, 3.05) is 31.6 Å². The zero-order valence-corrected chi connectivity index (χ0v) is 15.0. The maximum absolute atomic E-state index is 12.6. The molecule has 1 saturated heterocycles. The van der Waals surface area contributed by atoms with Crippen LogP contribution in [0.1, 0.15) is 21.6 Å². The molecule has 2 heterocycles. The van der Waals surface area contributed by atoms with Gasteiger partial charge in [-0.1, -0.05) is 6.07 Å². The number of ether oxygens (including phenoxy) is 1. The van der Waals surface area contributed by atoms with Gasteiger partial charge in [0.05, 0.1) is 13.2 Å². The lowest BCUT2D eigenvalue weighted by atomic mass is 10.1. The van der Waals surface area contributed by atoms with Gasteiger partial charge >= 0.3 is 0 Å². The highest BCUT2D eigenvalue weighted by Gasteiger charge is 2.27. The summed E-state index contributed by atoms with van der Waals surface area (Å²) in [5.74, 6) is -0.381. The minimum absolute atomic E-state index is 0.0833. The summed E-state index contributed by atoms with van der Waals surface area (Å²) in [4.78, 5) is 15.2. The Labute approximate surface area is 147 Å². The van der Waals surface area contributed by atoms with Gasteiger partial charge in [-0.15, -0.1) is 0 Å². The molecule has 8 heteroatoms. The summed E-state index contributed by atoms with van der Waals surface area (Å²) in [7, 11) is -3.62. The van der Waals surface area contributed by atoms with E-state index in [1.165, 1.54) is 16.6 Å². The number of nitrogens with one attached hydrogen (secondary N) is 2. The van der Waals surface area contributed by atoms with Crippen molar-refractivity contribution in [2.24, 2.45) is 0 Å². The molecule has 25 heavy (non-hydrogen) atoms. The monoisotopic (exact) mass is 363 g/mol. The zero-order chi connectivity index (χ0) is 18.0. The number of sulfonamides is 1. The highest BCUT2D eigenvalue weighted by molar-refractivity contribution is 7.89. The summed E-state index contributed by atoms with van der Waals surface area (Å²) in [5.41, 5.74) is 2.95. The first-order chi connectivity index (χ1) is 11.9. The Morgan fingerprint density at radius 2 is 1.76 bits per heavy atom. The van der Waals surface area contributed by atoms with Crippen molar-refractivity contribution >= 4 is 21.6 Å². The van der Waals surface area contributed by atoms with E-state index in [1.807, 2.05) is 32.0 Å². The van der Waals surface area contributed by atoms with E-state index in [2.05, 4.69) is 10.3 Å². The molecule has 0 spiro atoms. The summed E-state index contributed by atoms with van der Waals surface area (Å²) in [6.45, 7) is 5.29. The number of morpholine rings is 1. The number of aromatic nitrogens is 1. The van der Waals surface area contributed by atoms with Crippen LogP contribution in [-0.2, 0) is 14.8 Å². The van der Waals surface area contributed by atoms with Gasteiger partial charge in [0.1, 0.15) is 10.6 Å². The molecule has 0 unspecified atom stereocenters. The van der Waals surface area contributed by atoms with Gasteiger partial charge in [0, 0.05) is 25.0 Å². The van der Waals surface area contributed by atoms with Gasteiger partial charge < -0.3 is 15.0 Å². The van der Waals surface area contributed by atoms with Crippen molar-refractivity contribution in [1.82, 2.24) is 9.29 Å². The van der Waals surface area contributed by atoms with Gasteiger partial charge in [-0.25, -0.2) is 8.42 Å². The summed E-state index contributed by atoms with van der Waals surface area (Å²) in [5, 5.41) is 2.79. The van der Waals surface area contributed by atoms with Gasteiger partial charge in [0.25, 0.3) is 5.91 Å². The number of amides is 1. The molecule has 0 atom stereocenters. The highest BCUT2D eigenvalue weighted by atomic mass is 32.2. The smallest absolute Gasteiger partial charge is 0.272 e. The van der Waals surface area contributed by atoms with E-state index >= 15 is 0 Å². The topological polar surface area (TPSA) is 91.5 Å². The third-order valence-electron chi connectivity index (χ3n) is 3.99. The Kier molecular flexibility index (Phi) is 4.94. The Balaban J connectivity index is 1.77. The molecule has 1 aromatic heterocycles. The van der Waals surface area contributed by atoms with Crippen LogP contribution >= 0.6 is 0 Å². The number of rotatable bonds is 4. The zero-order valence-electron chi connectivity index (χ0n) is 14.2. The van der Waals surface area contributed by atoms with E-state index in [4.69, 9.17) is 4.74 Å². The highest BCUT2D eigenvalue weighted by Crippen LogP contribution is 2.19. The van der Waals surface area contributed by atoms with E-state index in [1.54, 1.807) is 0 Å². The molecule has 0 bridgehead atoms. The summed E-state index contributed by atoms with van der Waals surface area (Å²) < 4.78 is 31.7. The van der Waals surface area contributed by atoms with Crippen LogP contribution in [0, 0.1) is 13.8 Å². The Bertz CT molecular complexity index is 863. The second kappa shape index (κ2) is 6.99. The second-order valence-electron chi connectivity index (χ2n) is 6.10. The number of aryl methyl sites for hydroxylation is 2. The van der Waals surface area contributed by atoms with Gasteiger partial charge in [-0.2, -0.15) is 4.31 Å². The Hall–Kier alpha value is -2.16. The number of carbonyl (C=O) groups is 1. The number of carbonyl (C=O) groups excluding carboxylic acids is 1. The molecule has 2 N–H and O–H groups in total. The van der Waals surface area contributed by atoms with E-state index < -0.39 is 10.0 Å². The molecule has 3 rings (SSSR count). The van der Waals surface area contributed by atoms with Gasteiger partial charge in [0.2, 0.25) is 10.0 Å². The Morgan fingerprint density at radius 1 is 1.12 bits per heavy atom. The first kappa shape index (κ1) is 17.7. The lowest BCUT2D eigenvalue weighted by Crippen LogP contribution is -2.40. The van der Waals surface area contributed by atoms with Gasteiger partial charge in [-0.3, -0.25) is 4.79 Å². The van der Waals surface area contributed by atoms with Crippen molar-refractivity contribution in [3.63, 3.8) is 0 Å². The number of hydrogen-bond acceptors (Lipinski definition) is 4. The molecule has 1 aliphatic rings. The van der Waals surface area contributed by atoms with E-state index in [9.17, 15) is 13.2 Å². The molecular formula is C17H21N3O4S. The normalized spacial score (nSPS) is 15.9. The number of aromatic amines is 1. The van der Waals surface area contributed by atoms with Crippen LogP contribution in [0.5, 0.6) is 0 Å². The van der Waals surface area contributed by atoms with Crippen molar-refractivity contribution in [3.8, 4) is 0 Å². The standard InChI is InChI=1S/C17H21N3O4S/c1-12-7-13(2)9-14(8-12)19-17(21)16-10-15(11-18-16)25(22,23)20-3-5-24-6-4-20/h7-11,18H,3-6H2,1-2H3,(H,19,21). The fourth-order valence-corrected chi connectivity index (χ4v) is 4.24. The lowest BCUT2D eigenvalue weighted by Gasteiger charge is -2.25. The van der Waals surface area contributed by atoms with Crippen LogP contribution in [-0.4, -0.2) is 49.9 Å². The SMILES string of the molecule is Cc1cc(C)cc(NC(=O)c2cc(S(=O)(=O)N3CCOCC3)c[nH]2)c1. The fraction of sp³-hybridized carbons (Fsp3) is 0.353. The number of benzene rings is 1. The van der Waals surface area contributed by atoms with E-state index in [0.717, 1.165) is 11.1 Å². The van der Waals surface area contributed by atoms with Gasteiger partial charge in [-0.05, 0) is 43.2 Å². The Morgan fingerprint density at radius 3 is 2.40 bits per heavy atom. The number of anilines is 1.